The van der Waals surface area contributed by atoms with Gasteiger partial charge in [0, 0.05) is 16.1 Å². The van der Waals surface area contributed by atoms with E-state index in [1.54, 1.807) is 0 Å². The van der Waals surface area contributed by atoms with Gasteiger partial charge in [-0.1, -0.05) is 28.9 Å². The zero-order valence-electron chi connectivity index (χ0n) is 15.6. The lowest BCUT2D eigenvalue weighted by molar-refractivity contribution is 0.215. The molecular formula is C20H18ClN7O. The Morgan fingerprint density at radius 1 is 1.24 bits per heavy atom. The Morgan fingerprint density at radius 2 is 2.14 bits per heavy atom. The number of fused-ring (bicyclic) bond motifs is 1. The van der Waals surface area contributed by atoms with Crippen LogP contribution in [-0.4, -0.2) is 33.1 Å². The maximum Gasteiger partial charge on any atom is 0.144 e. The van der Waals surface area contributed by atoms with E-state index in [2.05, 4.69) is 25.5 Å². The highest BCUT2D eigenvalue weighted by Crippen LogP contribution is 2.25. The predicted molar refractivity (Wildman–Crippen MR) is 115 cm³/mol. The second-order valence-corrected chi connectivity index (χ2v) is 6.71. The molecule has 0 atom stereocenters. The summed E-state index contributed by atoms with van der Waals surface area (Å²) in [5.74, 6) is 0.836. The van der Waals surface area contributed by atoms with Gasteiger partial charge in [-0.05, 0) is 35.9 Å². The molecule has 0 saturated heterocycles. The third kappa shape index (κ3) is 4.12. The highest BCUT2D eigenvalue weighted by atomic mass is 35.5. The molecule has 0 radical (unpaired) electrons. The molecule has 2 heterocycles. The van der Waals surface area contributed by atoms with Crippen LogP contribution in [-0.2, 0) is 11.4 Å². The lowest BCUT2D eigenvalue weighted by Gasteiger charge is -2.10. The largest absolute Gasteiger partial charge is 0.399 e. The van der Waals surface area contributed by atoms with Crippen LogP contribution in [0, 0.1) is 0 Å². The summed E-state index contributed by atoms with van der Waals surface area (Å²) in [5.41, 5.74) is 9.42. The van der Waals surface area contributed by atoms with E-state index in [1.165, 1.54) is 19.7 Å². The number of oxime groups is 1. The molecule has 0 unspecified atom stereocenters. The van der Waals surface area contributed by atoms with Gasteiger partial charge in [-0.15, -0.1) is 0 Å². The Balaban J connectivity index is 1.61. The molecule has 2 aromatic heterocycles. The van der Waals surface area contributed by atoms with E-state index in [0.717, 1.165) is 22.2 Å². The predicted octanol–water partition coefficient (Wildman–Crippen LogP) is 3.83. The van der Waals surface area contributed by atoms with Gasteiger partial charge in [-0.2, -0.15) is 5.10 Å². The van der Waals surface area contributed by atoms with Gasteiger partial charge in [-0.25, -0.2) is 9.97 Å². The summed E-state index contributed by atoms with van der Waals surface area (Å²) in [5, 5.41) is 13.2. The molecule has 146 valence electrons. The van der Waals surface area contributed by atoms with Crippen LogP contribution in [0.3, 0.4) is 0 Å². The summed E-state index contributed by atoms with van der Waals surface area (Å²) in [6, 6.07) is 13.7. The standard InChI is InChI=1S/C20H18ClN7O/c1-29-26-10-17-19(22)23-12-24-20(17)27-16-5-6-18-14(8-16)9-25-28(18)11-13-3-2-4-15(21)7-13/h2-10,12H,11H2,1H3,(H3,22,23,24,27)/b26-10+. The minimum absolute atomic E-state index is 0.304. The molecule has 0 bridgehead atoms. The number of nitrogens with one attached hydrogen (secondary N) is 1. The first kappa shape index (κ1) is 18.7. The number of halogens is 1. The topological polar surface area (TPSA) is 103 Å². The summed E-state index contributed by atoms with van der Waals surface area (Å²) in [4.78, 5) is 13.0. The number of aromatic nitrogens is 4. The SMILES string of the molecule is CO/N=C/c1c(N)ncnc1Nc1ccc2c(cnn2Cc2cccc(Cl)c2)c1. The molecule has 2 aromatic carbocycles. The van der Waals surface area contributed by atoms with E-state index in [-0.39, 0.29) is 0 Å². The van der Waals surface area contributed by atoms with E-state index in [0.29, 0.717) is 28.8 Å². The molecule has 0 amide bonds. The molecule has 0 fully saturated rings. The summed E-state index contributed by atoms with van der Waals surface area (Å²) in [6.07, 6.45) is 4.69. The molecule has 29 heavy (non-hydrogen) atoms. The smallest absolute Gasteiger partial charge is 0.144 e. The molecule has 0 aliphatic carbocycles. The Kier molecular flexibility index (Phi) is 5.26. The van der Waals surface area contributed by atoms with Gasteiger partial charge in [0.15, 0.2) is 0 Å². The summed E-state index contributed by atoms with van der Waals surface area (Å²) >= 11 is 6.08. The average molecular weight is 408 g/mol. The lowest BCUT2D eigenvalue weighted by atomic mass is 10.2. The molecule has 0 spiro atoms. The van der Waals surface area contributed by atoms with Crippen molar-refractivity contribution in [3.8, 4) is 0 Å². The van der Waals surface area contributed by atoms with Crippen LogP contribution >= 0.6 is 11.6 Å². The molecule has 4 rings (SSSR count). The molecule has 0 aliphatic rings. The monoisotopic (exact) mass is 407 g/mol. The summed E-state index contributed by atoms with van der Waals surface area (Å²) in [7, 11) is 1.46. The third-order valence-corrected chi connectivity index (χ3v) is 4.56. The minimum Gasteiger partial charge on any atom is -0.399 e. The van der Waals surface area contributed by atoms with Crippen LogP contribution in [0.1, 0.15) is 11.1 Å². The van der Waals surface area contributed by atoms with Crippen LogP contribution in [0.4, 0.5) is 17.3 Å². The van der Waals surface area contributed by atoms with Gasteiger partial charge < -0.3 is 15.9 Å². The molecule has 9 heteroatoms. The van der Waals surface area contributed by atoms with Crippen molar-refractivity contribution in [2.24, 2.45) is 5.16 Å². The molecule has 0 aliphatic heterocycles. The highest BCUT2D eigenvalue weighted by Gasteiger charge is 2.10. The van der Waals surface area contributed by atoms with E-state index in [1.807, 2.05) is 53.3 Å². The average Bonchev–Trinajstić information content (AvgIpc) is 3.10. The number of nitrogen functional groups attached to an aromatic ring is 1. The maximum absolute atomic E-state index is 6.08. The first-order valence-corrected chi connectivity index (χ1v) is 9.16. The van der Waals surface area contributed by atoms with E-state index < -0.39 is 0 Å². The van der Waals surface area contributed by atoms with Gasteiger partial charge >= 0.3 is 0 Å². The van der Waals surface area contributed by atoms with E-state index >= 15 is 0 Å². The van der Waals surface area contributed by atoms with Gasteiger partial charge in [0.25, 0.3) is 0 Å². The van der Waals surface area contributed by atoms with Crippen molar-refractivity contribution >= 4 is 46.0 Å². The first-order valence-electron chi connectivity index (χ1n) is 8.78. The number of nitrogens with two attached hydrogens (primary N) is 1. The second-order valence-electron chi connectivity index (χ2n) is 6.27. The fourth-order valence-corrected chi connectivity index (χ4v) is 3.19. The van der Waals surface area contributed by atoms with Gasteiger partial charge in [0.1, 0.15) is 25.1 Å². The van der Waals surface area contributed by atoms with E-state index in [9.17, 15) is 0 Å². The van der Waals surface area contributed by atoms with Crippen molar-refractivity contribution in [3.05, 3.63) is 71.1 Å². The Hall–Kier alpha value is -3.65. The van der Waals surface area contributed by atoms with Crippen molar-refractivity contribution < 1.29 is 4.84 Å². The third-order valence-electron chi connectivity index (χ3n) is 4.33. The van der Waals surface area contributed by atoms with Crippen molar-refractivity contribution in [3.63, 3.8) is 0 Å². The van der Waals surface area contributed by atoms with Crippen molar-refractivity contribution in [2.75, 3.05) is 18.2 Å². The number of hydrogen-bond acceptors (Lipinski definition) is 7. The van der Waals surface area contributed by atoms with E-state index in [4.69, 9.17) is 22.2 Å². The Bertz CT molecular complexity index is 1190. The zero-order valence-corrected chi connectivity index (χ0v) is 16.3. The fourth-order valence-electron chi connectivity index (χ4n) is 2.98. The number of hydrogen-bond donors (Lipinski definition) is 2. The van der Waals surface area contributed by atoms with Crippen LogP contribution in [0.25, 0.3) is 10.9 Å². The molecule has 0 saturated carbocycles. The Labute approximate surface area is 172 Å². The maximum atomic E-state index is 6.08. The van der Waals surface area contributed by atoms with Crippen LogP contribution in [0.15, 0.2) is 60.1 Å². The summed E-state index contributed by atoms with van der Waals surface area (Å²) in [6.45, 7) is 0.636. The van der Waals surface area contributed by atoms with Crippen molar-refractivity contribution in [2.45, 2.75) is 6.54 Å². The first-order chi connectivity index (χ1) is 14.1. The van der Waals surface area contributed by atoms with Crippen LogP contribution < -0.4 is 11.1 Å². The summed E-state index contributed by atoms with van der Waals surface area (Å²) < 4.78 is 1.93. The normalized spacial score (nSPS) is 11.2. The fraction of sp³-hybridized carbons (Fsp3) is 0.100. The molecule has 4 aromatic rings. The quantitative estimate of drug-likeness (QED) is 0.372. The van der Waals surface area contributed by atoms with Crippen LogP contribution in [0.2, 0.25) is 5.02 Å². The van der Waals surface area contributed by atoms with Crippen molar-refractivity contribution in [1.29, 1.82) is 0 Å². The van der Waals surface area contributed by atoms with Crippen LogP contribution in [0.5, 0.6) is 0 Å². The minimum atomic E-state index is 0.304. The van der Waals surface area contributed by atoms with Gasteiger partial charge in [0.05, 0.1) is 30.0 Å². The zero-order chi connectivity index (χ0) is 20.2. The number of benzene rings is 2. The number of rotatable bonds is 6. The second kappa shape index (κ2) is 8.15. The molecule has 3 N–H and O–H groups in total. The van der Waals surface area contributed by atoms with Crippen molar-refractivity contribution in [1.82, 2.24) is 19.7 Å². The Morgan fingerprint density at radius 3 is 2.97 bits per heavy atom. The van der Waals surface area contributed by atoms with Gasteiger partial charge in [0.2, 0.25) is 0 Å². The number of nitrogens with zero attached hydrogens (tertiary/aromatic N) is 5. The van der Waals surface area contributed by atoms with Gasteiger partial charge in [-0.3, -0.25) is 4.68 Å². The highest BCUT2D eigenvalue weighted by molar-refractivity contribution is 6.30. The number of anilines is 3. The molecule has 8 nitrogen and oxygen atoms in total. The molecular weight excluding hydrogens is 390 g/mol. The lowest BCUT2D eigenvalue weighted by Crippen LogP contribution is -2.05.